The van der Waals surface area contributed by atoms with Crippen LogP contribution in [0.2, 0.25) is 0 Å². The minimum Gasteiger partial charge on any atom is -0.480 e. The second-order valence-electron chi connectivity index (χ2n) is 14.5. The number of ether oxygens (including phenoxy) is 2. The van der Waals surface area contributed by atoms with Crippen molar-refractivity contribution in [1.82, 2.24) is 20.6 Å². The van der Waals surface area contributed by atoms with Gasteiger partial charge in [-0.3, -0.25) is 29.8 Å². The van der Waals surface area contributed by atoms with Crippen LogP contribution in [0.15, 0.2) is 36.4 Å². The van der Waals surface area contributed by atoms with E-state index in [1.807, 2.05) is 64.1 Å². The summed E-state index contributed by atoms with van der Waals surface area (Å²) in [6.45, 7) is 10.4. The average molecular weight is 804 g/mol. The minimum absolute atomic E-state index is 0.0150. The van der Waals surface area contributed by atoms with Crippen molar-refractivity contribution in [2.24, 2.45) is 11.8 Å². The average Bonchev–Trinajstić information content (AvgIpc) is 3.75. The molecule has 2 aromatic heterocycles. The molecule has 0 saturated carbocycles. The summed E-state index contributed by atoms with van der Waals surface area (Å²) in [6, 6.07) is 10.2. The van der Waals surface area contributed by atoms with Gasteiger partial charge in [-0.05, 0) is 99.1 Å². The fraction of sp³-hybridized carbons (Fsp3) is 0.463. The van der Waals surface area contributed by atoms with Gasteiger partial charge in [0.25, 0.3) is 5.91 Å². The molecule has 0 radical (unpaired) electrons. The standard InChI is InChI=1S/C41H49N5O8S2/c1-22-28(19-32(47)38-44-24(3)33(55-38)20-42-35(40(49)50)26-11-15-53-16-12-26)7-5-8-29(22)30-9-6-10-31(23(30)2)46-37(48)39-45-25(4)34(56-39)21-43-36(41(51)52)27-13-17-54-18-14-27/h5-10,26-27,35-36,42-43H,11-21H2,1-4H3,(H,46,48)(H,49,50)(H,51,52)/t35-,36-/m0/s1. The number of aliphatic carboxylic acids is 2. The van der Waals surface area contributed by atoms with E-state index in [0.717, 1.165) is 37.6 Å². The van der Waals surface area contributed by atoms with Crippen LogP contribution in [-0.2, 0) is 38.6 Å². The first-order valence-electron chi connectivity index (χ1n) is 18.9. The number of amides is 1. The SMILES string of the molecule is Cc1nc(C(=O)Cc2cccc(-c3cccc(NC(=O)c4nc(C)c(CN[C@H](C(=O)O)C5CCOCC5)s4)c3C)c2C)sc1CN[C@H](C(=O)O)C1CCOCC1. The molecule has 15 heteroatoms. The summed E-state index contributed by atoms with van der Waals surface area (Å²) >= 11 is 2.54. The van der Waals surface area contributed by atoms with E-state index < -0.39 is 24.0 Å². The van der Waals surface area contributed by atoms with E-state index in [9.17, 15) is 29.4 Å². The predicted octanol–water partition coefficient (Wildman–Crippen LogP) is 6.12. The Balaban J connectivity index is 1.11. The van der Waals surface area contributed by atoms with Crippen LogP contribution >= 0.6 is 22.7 Å². The van der Waals surface area contributed by atoms with Crippen LogP contribution in [0.1, 0.15) is 83.1 Å². The Morgan fingerprint density at radius 3 is 1.73 bits per heavy atom. The van der Waals surface area contributed by atoms with Gasteiger partial charge in [0.1, 0.15) is 12.1 Å². The molecule has 0 aliphatic carbocycles. The van der Waals surface area contributed by atoms with Crippen molar-refractivity contribution in [1.29, 1.82) is 0 Å². The number of benzene rings is 2. The number of Topliss-reactive ketones (excluding diaryl/α,β-unsaturated/α-hetero) is 1. The number of nitrogens with one attached hydrogen (secondary N) is 3. The Labute approximate surface area is 334 Å². The quantitative estimate of drug-likeness (QED) is 0.0819. The molecular formula is C41H49N5O8S2. The molecule has 2 aliphatic rings. The minimum atomic E-state index is -0.896. The van der Waals surface area contributed by atoms with E-state index in [0.29, 0.717) is 87.3 Å². The van der Waals surface area contributed by atoms with Crippen molar-refractivity contribution in [3.05, 3.63) is 84.2 Å². The maximum atomic E-state index is 13.6. The summed E-state index contributed by atoms with van der Waals surface area (Å²) in [5.41, 5.74) is 6.53. The van der Waals surface area contributed by atoms with E-state index >= 15 is 0 Å². The van der Waals surface area contributed by atoms with Crippen LogP contribution in [0.5, 0.6) is 0 Å². The summed E-state index contributed by atoms with van der Waals surface area (Å²) in [5, 5.41) is 29.8. The van der Waals surface area contributed by atoms with Crippen LogP contribution in [0.3, 0.4) is 0 Å². The van der Waals surface area contributed by atoms with Gasteiger partial charge < -0.3 is 25.0 Å². The largest absolute Gasteiger partial charge is 0.480 e. The molecule has 5 N–H and O–H groups in total. The zero-order chi connectivity index (χ0) is 39.9. The van der Waals surface area contributed by atoms with E-state index in [1.54, 1.807) is 0 Å². The second-order valence-corrected chi connectivity index (χ2v) is 16.6. The van der Waals surface area contributed by atoms with Crippen molar-refractivity contribution in [2.45, 2.75) is 85.0 Å². The number of hydrogen-bond acceptors (Lipinski definition) is 12. The lowest BCUT2D eigenvalue weighted by atomic mass is 9.91. The topological polar surface area (TPSA) is 189 Å². The lowest BCUT2D eigenvalue weighted by Crippen LogP contribution is -2.44. The zero-order valence-electron chi connectivity index (χ0n) is 32.1. The molecule has 13 nitrogen and oxygen atoms in total. The first kappa shape index (κ1) is 41.3. The molecule has 56 heavy (non-hydrogen) atoms. The van der Waals surface area contributed by atoms with Crippen molar-refractivity contribution < 1.29 is 38.9 Å². The number of aromatic nitrogens is 2. The van der Waals surface area contributed by atoms with Crippen LogP contribution < -0.4 is 16.0 Å². The molecule has 2 fully saturated rings. The highest BCUT2D eigenvalue weighted by atomic mass is 32.1. The third-order valence-corrected chi connectivity index (χ3v) is 13.2. The number of nitrogens with zero attached hydrogens (tertiary/aromatic N) is 2. The van der Waals surface area contributed by atoms with Crippen molar-refractivity contribution in [2.75, 3.05) is 31.7 Å². The van der Waals surface area contributed by atoms with Crippen LogP contribution in [0.4, 0.5) is 5.69 Å². The monoisotopic (exact) mass is 803 g/mol. The van der Waals surface area contributed by atoms with E-state index in [1.165, 1.54) is 22.7 Å². The second kappa shape index (κ2) is 18.7. The third-order valence-electron chi connectivity index (χ3n) is 10.9. The van der Waals surface area contributed by atoms with Gasteiger partial charge in [0.15, 0.2) is 15.8 Å². The number of carboxylic acid groups (broad SMARTS) is 2. The van der Waals surface area contributed by atoms with Gasteiger partial charge in [-0.15, -0.1) is 22.7 Å². The van der Waals surface area contributed by atoms with Crippen molar-refractivity contribution in [3.8, 4) is 11.1 Å². The Bertz CT molecular complexity index is 1920. The first-order valence-corrected chi connectivity index (χ1v) is 20.6. The van der Waals surface area contributed by atoms with Crippen LogP contribution in [-0.4, -0.2) is 82.3 Å². The number of anilines is 1. The number of carbonyl (C=O) groups is 4. The number of aryl methyl sites for hydroxylation is 2. The Morgan fingerprint density at radius 1 is 0.714 bits per heavy atom. The molecule has 4 heterocycles. The fourth-order valence-electron chi connectivity index (χ4n) is 7.47. The summed E-state index contributed by atoms with van der Waals surface area (Å²) in [4.78, 5) is 61.8. The molecule has 4 aromatic rings. The smallest absolute Gasteiger partial charge is 0.320 e. The highest BCUT2D eigenvalue weighted by Gasteiger charge is 2.31. The van der Waals surface area contributed by atoms with Gasteiger partial charge in [0, 0.05) is 61.4 Å². The fourth-order valence-corrected chi connectivity index (χ4v) is 9.33. The molecule has 6 rings (SSSR count). The molecular weight excluding hydrogens is 755 g/mol. The van der Waals surface area contributed by atoms with Crippen LogP contribution in [0, 0.1) is 39.5 Å². The molecule has 2 atom stereocenters. The number of carbonyl (C=O) groups excluding carboxylic acids is 2. The van der Waals surface area contributed by atoms with Gasteiger partial charge >= 0.3 is 11.9 Å². The van der Waals surface area contributed by atoms with Gasteiger partial charge in [-0.1, -0.05) is 30.3 Å². The predicted molar refractivity (Wildman–Crippen MR) is 215 cm³/mol. The number of rotatable bonds is 16. The van der Waals surface area contributed by atoms with Crippen molar-refractivity contribution in [3.63, 3.8) is 0 Å². The Kier molecular flexibility index (Phi) is 13.8. The highest BCUT2D eigenvalue weighted by molar-refractivity contribution is 7.14. The maximum absolute atomic E-state index is 13.6. The lowest BCUT2D eigenvalue weighted by molar-refractivity contribution is -0.143. The third kappa shape index (κ3) is 9.76. The van der Waals surface area contributed by atoms with E-state index in [-0.39, 0.29) is 35.0 Å². The summed E-state index contributed by atoms with van der Waals surface area (Å²) in [5.74, 6) is -2.29. The van der Waals surface area contributed by atoms with Crippen molar-refractivity contribution >= 4 is 52.0 Å². The van der Waals surface area contributed by atoms with Gasteiger partial charge in [-0.25, -0.2) is 9.97 Å². The Morgan fingerprint density at radius 2 is 1.20 bits per heavy atom. The molecule has 0 spiro atoms. The molecule has 0 unspecified atom stereocenters. The molecule has 2 saturated heterocycles. The van der Waals surface area contributed by atoms with Gasteiger partial charge in [-0.2, -0.15) is 0 Å². The summed E-state index contributed by atoms with van der Waals surface area (Å²) < 4.78 is 10.8. The number of ketones is 1. The summed E-state index contributed by atoms with van der Waals surface area (Å²) in [7, 11) is 0. The van der Waals surface area contributed by atoms with Gasteiger partial charge in [0.2, 0.25) is 0 Å². The number of carboxylic acids is 2. The van der Waals surface area contributed by atoms with Gasteiger partial charge in [0.05, 0.1) is 11.4 Å². The summed E-state index contributed by atoms with van der Waals surface area (Å²) in [6.07, 6.45) is 2.89. The van der Waals surface area contributed by atoms with Crippen LogP contribution in [0.25, 0.3) is 11.1 Å². The number of hydrogen-bond donors (Lipinski definition) is 5. The Hall–Kier alpha value is -4.38. The van der Waals surface area contributed by atoms with E-state index in [2.05, 4.69) is 25.9 Å². The maximum Gasteiger partial charge on any atom is 0.320 e. The highest BCUT2D eigenvalue weighted by Crippen LogP contribution is 2.34. The molecule has 0 bridgehead atoms. The van der Waals surface area contributed by atoms with E-state index in [4.69, 9.17) is 9.47 Å². The normalized spacial score (nSPS) is 16.4. The molecule has 2 aliphatic heterocycles. The molecule has 2 aromatic carbocycles. The lowest BCUT2D eigenvalue weighted by Gasteiger charge is -2.28. The molecule has 298 valence electrons. The number of thiazole rings is 2. The first-order chi connectivity index (χ1) is 26.9. The molecule has 1 amide bonds. The zero-order valence-corrected chi connectivity index (χ0v) is 33.7.